The summed E-state index contributed by atoms with van der Waals surface area (Å²) in [5.41, 5.74) is 2.67. The molecule has 1 aromatic rings. The summed E-state index contributed by atoms with van der Waals surface area (Å²) >= 11 is 0. The van der Waals surface area contributed by atoms with Gasteiger partial charge in [-0.1, -0.05) is 25.3 Å². The third-order valence-corrected chi connectivity index (χ3v) is 5.18. The molecular formula is C19H28N2O2. The first-order chi connectivity index (χ1) is 11.2. The van der Waals surface area contributed by atoms with E-state index in [1.165, 1.54) is 43.2 Å². The number of methoxy groups -OCH3 is 1. The molecule has 3 rings (SSSR count). The summed E-state index contributed by atoms with van der Waals surface area (Å²) in [5, 5.41) is 3.14. The molecular weight excluding hydrogens is 288 g/mol. The first-order valence-electron chi connectivity index (χ1n) is 8.89. The Kier molecular flexibility index (Phi) is 5.55. The summed E-state index contributed by atoms with van der Waals surface area (Å²) in [5.74, 6) is 1.76. The molecule has 0 spiro atoms. The van der Waals surface area contributed by atoms with Gasteiger partial charge in [-0.15, -0.1) is 0 Å². The van der Waals surface area contributed by atoms with Crippen LogP contribution in [-0.2, 0) is 17.8 Å². The van der Waals surface area contributed by atoms with Gasteiger partial charge >= 0.3 is 0 Å². The summed E-state index contributed by atoms with van der Waals surface area (Å²) < 4.78 is 5.30. The van der Waals surface area contributed by atoms with Gasteiger partial charge in [0.2, 0.25) is 5.91 Å². The Morgan fingerprint density at radius 1 is 1.26 bits per heavy atom. The lowest BCUT2D eigenvalue weighted by Crippen LogP contribution is -2.41. The Morgan fingerprint density at radius 3 is 2.87 bits per heavy atom. The molecule has 1 fully saturated rings. The molecule has 0 unspecified atom stereocenters. The van der Waals surface area contributed by atoms with Gasteiger partial charge in [0.25, 0.3) is 0 Å². The van der Waals surface area contributed by atoms with Crippen LogP contribution in [0.25, 0.3) is 0 Å². The molecule has 0 saturated heterocycles. The second-order valence-corrected chi connectivity index (χ2v) is 6.90. The molecule has 1 aliphatic carbocycles. The van der Waals surface area contributed by atoms with Gasteiger partial charge in [-0.3, -0.25) is 9.69 Å². The van der Waals surface area contributed by atoms with Gasteiger partial charge in [0, 0.05) is 19.6 Å². The largest absolute Gasteiger partial charge is 0.497 e. The van der Waals surface area contributed by atoms with Crippen molar-refractivity contribution in [1.29, 1.82) is 0 Å². The van der Waals surface area contributed by atoms with Crippen molar-refractivity contribution in [2.45, 2.75) is 45.1 Å². The molecule has 2 aliphatic rings. The standard InChI is InChI=1S/C19H28N2O2/c1-23-18-8-7-16-9-10-21(13-17(16)11-18)14-19(22)20-12-15-5-3-2-4-6-15/h7-8,11,15H,2-6,9-10,12-14H2,1H3,(H,20,22). The fraction of sp³-hybridized carbons (Fsp3) is 0.632. The van der Waals surface area contributed by atoms with E-state index in [0.717, 1.165) is 31.8 Å². The molecule has 1 heterocycles. The minimum atomic E-state index is 0.168. The molecule has 126 valence electrons. The van der Waals surface area contributed by atoms with Crippen LogP contribution >= 0.6 is 0 Å². The Balaban J connectivity index is 1.47. The average molecular weight is 316 g/mol. The van der Waals surface area contributed by atoms with Crippen molar-refractivity contribution in [1.82, 2.24) is 10.2 Å². The highest BCUT2D eigenvalue weighted by atomic mass is 16.5. The zero-order valence-electron chi connectivity index (χ0n) is 14.1. The fourth-order valence-electron chi connectivity index (χ4n) is 3.76. The average Bonchev–Trinajstić information content (AvgIpc) is 2.60. The van der Waals surface area contributed by atoms with Crippen LogP contribution in [0.1, 0.15) is 43.2 Å². The van der Waals surface area contributed by atoms with Crippen LogP contribution in [0.5, 0.6) is 5.75 Å². The van der Waals surface area contributed by atoms with Crippen LogP contribution in [0.3, 0.4) is 0 Å². The lowest BCUT2D eigenvalue weighted by molar-refractivity contribution is -0.122. The van der Waals surface area contributed by atoms with E-state index in [1.807, 2.05) is 6.07 Å². The highest BCUT2D eigenvalue weighted by Crippen LogP contribution is 2.24. The van der Waals surface area contributed by atoms with Crippen LogP contribution in [0.4, 0.5) is 0 Å². The van der Waals surface area contributed by atoms with Gasteiger partial charge < -0.3 is 10.1 Å². The Labute approximate surface area is 139 Å². The molecule has 1 saturated carbocycles. The van der Waals surface area contributed by atoms with Gasteiger partial charge in [0.1, 0.15) is 5.75 Å². The number of nitrogens with one attached hydrogen (secondary N) is 1. The number of nitrogens with zero attached hydrogens (tertiary/aromatic N) is 1. The number of amides is 1. The minimum absolute atomic E-state index is 0.168. The van der Waals surface area contributed by atoms with E-state index in [1.54, 1.807) is 7.11 Å². The molecule has 4 nitrogen and oxygen atoms in total. The maximum absolute atomic E-state index is 12.2. The second kappa shape index (κ2) is 7.82. The van der Waals surface area contributed by atoms with Gasteiger partial charge in [-0.25, -0.2) is 0 Å². The zero-order valence-corrected chi connectivity index (χ0v) is 14.1. The molecule has 1 amide bonds. The Hall–Kier alpha value is -1.55. The summed E-state index contributed by atoms with van der Waals surface area (Å²) in [6, 6.07) is 6.27. The smallest absolute Gasteiger partial charge is 0.234 e. The van der Waals surface area contributed by atoms with Crippen molar-refractivity contribution in [2.24, 2.45) is 5.92 Å². The highest BCUT2D eigenvalue weighted by Gasteiger charge is 2.20. The number of benzene rings is 1. The van der Waals surface area contributed by atoms with Crippen LogP contribution < -0.4 is 10.1 Å². The third-order valence-electron chi connectivity index (χ3n) is 5.18. The lowest BCUT2D eigenvalue weighted by Gasteiger charge is -2.29. The van der Waals surface area contributed by atoms with Crippen molar-refractivity contribution in [3.8, 4) is 5.75 Å². The quantitative estimate of drug-likeness (QED) is 0.908. The molecule has 0 radical (unpaired) electrons. The second-order valence-electron chi connectivity index (χ2n) is 6.90. The number of fused-ring (bicyclic) bond motifs is 1. The highest BCUT2D eigenvalue weighted by molar-refractivity contribution is 5.78. The molecule has 0 aromatic heterocycles. The van der Waals surface area contributed by atoms with E-state index in [4.69, 9.17) is 4.74 Å². The number of ether oxygens (including phenoxy) is 1. The Bertz CT molecular complexity index is 538. The molecule has 23 heavy (non-hydrogen) atoms. The van der Waals surface area contributed by atoms with Crippen LogP contribution in [0, 0.1) is 5.92 Å². The van der Waals surface area contributed by atoms with Gasteiger partial charge in [-0.2, -0.15) is 0 Å². The van der Waals surface area contributed by atoms with E-state index < -0.39 is 0 Å². The normalized spacial score (nSPS) is 19.2. The molecule has 1 N–H and O–H groups in total. The summed E-state index contributed by atoms with van der Waals surface area (Å²) in [6.45, 7) is 3.15. The maximum Gasteiger partial charge on any atom is 0.234 e. The monoisotopic (exact) mass is 316 g/mol. The number of hydrogen-bond donors (Lipinski definition) is 1. The molecule has 4 heteroatoms. The summed E-state index contributed by atoms with van der Waals surface area (Å²) in [4.78, 5) is 14.4. The van der Waals surface area contributed by atoms with E-state index in [9.17, 15) is 4.79 Å². The number of rotatable bonds is 5. The van der Waals surface area contributed by atoms with E-state index in [0.29, 0.717) is 12.5 Å². The van der Waals surface area contributed by atoms with Crippen molar-refractivity contribution < 1.29 is 9.53 Å². The summed E-state index contributed by atoms with van der Waals surface area (Å²) in [6.07, 6.45) is 7.57. The summed E-state index contributed by atoms with van der Waals surface area (Å²) in [7, 11) is 1.70. The van der Waals surface area contributed by atoms with Crippen LogP contribution in [-0.4, -0.2) is 37.6 Å². The topological polar surface area (TPSA) is 41.6 Å². The van der Waals surface area contributed by atoms with Crippen molar-refractivity contribution in [3.63, 3.8) is 0 Å². The van der Waals surface area contributed by atoms with Crippen molar-refractivity contribution >= 4 is 5.91 Å². The number of carbonyl (C=O) groups is 1. The lowest BCUT2D eigenvalue weighted by atomic mass is 9.89. The molecule has 1 aromatic carbocycles. The third kappa shape index (κ3) is 4.47. The maximum atomic E-state index is 12.2. The predicted molar refractivity (Wildman–Crippen MR) is 91.6 cm³/mol. The van der Waals surface area contributed by atoms with E-state index in [-0.39, 0.29) is 5.91 Å². The number of carbonyl (C=O) groups excluding carboxylic acids is 1. The fourth-order valence-corrected chi connectivity index (χ4v) is 3.76. The first-order valence-corrected chi connectivity index (χ1v) is 8.89. The van der Waals surface area contributed by atoms with Crippen LogP contribution in [0.2, 0.25) is 0 Å². The van der Waals surface area contributed by atoms with Crippen molar-refractivity contribution in [3.05, 3.63) is 29.3 Å². The minimum Gasteiger partial charge on any atom is -0.497 e. The number of hydrogen-bond acceptors (Lipinski definition) is 3. The van der Waals surface area contributed by atoms with Crippen LogP contribution in [0.15, 0.2) is 18.2 Å². The predicted octanol–water partition coefficient (Wildman–Crippen LogP) is 2.75. The molecule has 0 bridgehead atoms. The molecule has 1 aliphatic heterocycles. The van der Waals surface area contributed by atoms with E-state index in [2.05, 4.69) is 22.3 Å². The Morgan fingerprint density at radius 2 is 2.09 bits per heavy atom. The zero-order chi connectivity index (χ0) is 16.1. The van der Waals surface area contributed by atoms with Crippen molar-refractivity contribution in [2.75, 3.05) is 26.7 Å². The first kappa shape index (κ1) is 16.3. The molecule has 0 atom stereocenters. The van der Waals surface area contributed by atoms with E-state index >= 15 is 0 Å². The van der Waals surface area contributed by atoms with Gasteiger partial charge in [0.15, 0.2) is 0 Å². The van der Waals surface area contributed by atoms with Gasteiger partial charge in [-0.05, 0) is 48.4 Å². The van der Waals surface area contributed by atoms with Gasteiger partial charge in [0.05, 0.1) is 13.7 Å². The SMILES string of the molecule is COc1ccc2c(c1)CN(CC(=O)NCC1CCCCC1)CC2.